The summed E-state index contributed by atoms with van der Waals surface area (Å²) in [7, 11) is 1.74. The second-order valence-electron chi connectivity index (χ2n) is 2.86. The minimum atomic E-state index is 0.732. The maximum Gasteiger partial charge on any atom is 0.0730 e. The van der Waals surface area contributed by atoms with Gasteiger partial charge in [0, 0.05) is 25.5 Å². The van der Waals surface area contributed by atoms with Crippen molar-refractivity contribution in [1.82, 2.24) is 4.57 Å². The van der Waals surface area contributed by atoms with Gasteiger partial charge in [-0.05, 0) is 25.0 Å². The second-order valence-corrected chi connectivity index (χ2v) is 2.86. The molecule has 0 fully saturated rings. The van der Waals surface area contributed by atoms with E-state index in [4.69, 9.17) is 4.74 Å². The van der Waals surface area contributed by atoms with Crippen molar-refractivity contribution >= 4 is 0 Å². The zero-order valence-electron chi connectivity index (χ0n) is 8.13. The third-order valence-electron chi connectivity index (χ3n) is 2.15. The molecule has 0 atom stereocenters. The minimum absolute atomic E-state index is 0.732. The molecule has 1 heterocycles. The molecule has 0 aromatic carbocycles. The molecule has 1 rings (SSSR count). The summed E-state index contributed by atoms with van der Waals surface area (Å²) in [4.78, 5) is 0. The Labute approximate surface area is 74.2 Å². The van der Waals surface area contributed by atoms with Crippen LogP contribution in [0.1, 0.15) is 25.1 Å². The molecule has 2 heteroatoms. The molecule has 0 aliphatic carbocycles. The summed E-state index contributed by atoms with van der Waals surface area (Å²) in [6, 6.07) is 2.14. The van der Waals surface area contributed by atoms with E-state index < -0.39 is 0 Å². The number of aryl methyl sites for hydroxylation is 1. The molecule has 1 aromatic heterocycles. The van der Waals surface area contributed by atoms with Crippen molar-refractivity contribution in [1.29, 1.82) is 0 Å². The predicted molar refractivity (Wildman–Crippen MR) is 50.2 cm³/mol. The molecule has 0 saturated carbocycles. The Bertz CT molecular complexity index is 240. The molecular formula is C10H17NO. The van der Waals surface area contributed by atoms with E-state index in [0.29, 0.717) is 0 Å². The highest BCUT2D eigenvalue weighted by molar-refractivity contribution is 5.21. The molecule has 1 aromatic rings. The first-order valence-corrected chi connectivity index (χ1v) is 4.49. The second kappa shape index (κ2) is 4.31. The Morgan fingerprint density at radius 2 is 2.17 bits per heavy atom. The minimum Gasteiger partial charge on any atom is -0.380 e. The monoisotopic (exact) mass is 167 g/mol. The van der Waals surface area contributed by atoms with Gasteiger partial charge in [-0.25, -0.2) is 0 Å². The molecule has 0 saturated heterocycles. The van der Waals surface area contributed by atoms with Crippen molar-refractivity contribution < 1.29 is 4.74 Å². The van der Waals surface area contributed by atoms with Gasteiger partial charge < -0.3 is 9.30 Å². The van der Waals surface area contributed by atoms with Gasteiger partial charge in [-0.1, -0.05) is 6.92 Å². The SMILES string of the molecule is CCc1c(COC)ccn1CC. The fourth-order valence-corrected chi connectivity index (χ4v) is 1.56. The molecule has 68 valence electrons. The Morgan fingerprint density at radius 1 is 1.42 bits per heavy atom. The van der Waals surface area contributed by atoms with Gasteiger partial charge in [-0.2, -0.15) is 0 Å². The van der Waals surface area contributed by atoms with E-state index in [2.05, 4.69) is 30.7 Å². The molecule has 0 unspecified atom stereocenters. The maximum absolute atomic E-state index is 5.11. The highest BCUT2D eigenvalue weighted by atomic mass is 16.5. The predicted octanol–water partition coefficient (Wildman–Crippen LogP) is 2.22. The first kappa shape index (κ1) is 9.33. The van der Waals surface area contributed by atoms with Crippen molar-refractivity contribution in [2.75, 3.05) is 7.11 Å². The average Bonchev–Trinajstić information content (AvgIpc) is 2.47. The topological polar surface area (TPSA) is 14.2 Å². The Kier molecular flexibility index (Phi) is 3.35. The van der Waals surface area contributed by atoms with Crippen molar-refractivity contribution in [3.8, 4) is 0 Å². The summed E-state index contributed by atoms with van der Waals surface area (Å²) in [6.07, 6.45) is 3.22. The van der Waals surface area contributed by atoms with Crippen molar-refractivity contribution in [2.45, 2.75) is 33.4 Å². The normalized spacial score (nSPS) is 10.6. The van der Waals surface area contributed by atoms with Crippen LogP contribution in [-0.4, -0.2) is 11.7 Å². The molecule has 12 heavy (non-hydrogen) atoms. The molecule has 0 radical (unpaired) electrons. The smallest absolute Gasteiger partial charge is 0.0730 e. The summed E-state index contributed by atoms with van der Waals surface area (Å²) < 4.78 is 7.39. The highest BCUT2D eigenvalue weighted by Crippen LogP contribution is 2.12. The largest absolute Gasteiger partial charge is 0.380 e. The van der Waals surface area contributed by atoms with E-state index in [1.54, 1.807) is 7.11 Å². The molecule has 2 nitrogen and oxygen atoms in total. The van der Waals surface area contributed by atoms with E-state index in [0.717, 1.165) is 19.6 Å². The Balaban J connectivity index is 2.88. The molecule has 0 aliphatic rings. The quantitative estimate of drug-likeness (QED) is 0.670. The van der Waals surface area contributed by atoms with Gasteiger partial charge in [0.05, 0.1) is 6.61 Å². The molecule has 0 spiro atoms. The van der Waals surface area contributed by atoms with E-state index in [9.17, 15) is 0 Å². The lowest BCUT2D eigenvalue weighted by molar-refractivity contribution is 0.184. The van der Waals surface area contributed by atoms with Gasteiger partial charge in [-0.3, -0.25) is 0 Å². The number of aromatic nitrogens is 1. The van der Waals surface area contributed by atoms with Gasteiger partial charge in [0.15, 0.2) is 0 Å². The van der Waals surface area contributed by atoms with Crippen LogP contribution in [0.2, 0.25) is 0 Å². The van der Waals surface area contributed by atoms with Crippen LogP contribution < -0.4 is 0 Å². The van der Waals surface area contributed by atoms with Crippen LogP contribution in [0.4, 0.5) is 0 Å². The zero-order valence-corrected chi connectivity index (χ0v) is 8.13. The van der Waals surface area contributed by atoms with Crippen LogP contribution in [0, 0.1) is 0 Å². The fraction of sp³-hybridized carbons (Fsp3) is 0.600. The van der Waals surface area contributed by atoms with Crippen molar-refractivity contribution in [3.05, 3.63) is 23.5 Å². The maximum atomic E-state index is 5.11. The first-order valence-electron chi connectivity index (χ1n) is 4.49. The molecular weight excluding hydrogens is 150 g/mol. The molecule has 0 aliphatic heterocycles. The van der Waals surface area contributed by atoms with Crippen molar-refractivity contribution in [3.63, 3.8) is 0 Å². The number of nitrogens with zero attached hydrogens (tertiary/aromatic N) is 1. The Morgan fingerprint density at radius 3 is 2.67 bits per heavy atom. The third-order valence-corrected chi connectivity index (χ3v) is 2.15. The Hall–Kier alpha value is -0.760. The first-order chi connectivity index (χ1) is 5.83. The number of hydrogen-bond donors (Lipinski definition) is 0. The highest BCUT2D eigenvalue weighted by Gasteiger charge is 2.04. The van der Waals surface area contributed by atoms with Crippen LogP contribution in [0.5, 0.6) is 0 Å². The van der Waals surface area contributed by atoms with Gasteiger partial charge in [-0.15, -0.1) is 0 Å². The zero-order chi connectivity index (χ0) is 8.97. The van der Waals surface area contributed by atoms with E-state index in [-0.39, 0.29) is 0 Å². The van der Waals surface area contributed by atoms with Crippen LogP contribution in [-0.2, 0) is 24.3 Å². The lowest BCUT2D eigenvalue weighted by atomic mass is 10.2. The van der Waals surface area contributed by atoms with Crippen molar-refractivity contribution in [2.24, 2.45) is 0 Å². The van der Waals surface area contributed by atoms with Crippen LogP contribution >= 0.6 is 0 Å². The summed E-state index contributed by atoms with van der Waals surface area (Å²) in [5.74, 6) is 0. The van der Waals surface area contributed by atoms with Crippen LogP contribution in [0.15, 0.2) is 12.3 Å². The molecule has 0 N–H and O–H groups in total. The van der Waals surface area contributed by atoms with Crippen LogP contribution in [0.25, 0.3) is 0 Å². The molecule has 0 bridgehead atoms. The van der Waals surface area contributed by atoms with Crippen LogP contribution in [0.3, 0.4) is 0 Å². The number of ether oxygens (including phenoxy) is 1. The third kappa shape index (κ3) is 1.69. The van der Waals surface area contributed by atoms with E-state index in [1.165, 1.54) is 11.3 Å². The standard InChI is InChI=1S/C10H17NO/c1-4-10-9(8-12-3)6-7-11(10)5-2/h6-7H,4-5,8H2,1-3H3. The van der Waals surface area contributed by atoms with E-state index in [1.807, 2.05) is 0 Å². The summed E-state index contributed by atoms with van der Waals surface area (Å²) >= 11 is 0. The summed E-state index contributed by atoms with van der Waals surface area (Å²) in [5, 5.41) is 0. The number of rotatable bonds is 4. The lowest BCUT2D eigenvalue weighted by Crippen LogP contribution is -2.00. The fourth-order valence-electron chi connectivity index (χ4n) is 1.56. The van der Waals surface area contributed by atoms with Gasteiger partial charge >= 0.3 is 0 Å². The number of hydrogen-bond acceptors (Lipinski definition) is 1. The summed E-state index contributed by atoms with van der Waals surface area (Å²) in [6.45, 7) is 6.12. The van der Waals surface area contributed by atoms with E-state index >= 15 is 0 Å². The molecule has 0 amide bonds. The van der Waals surface area contributed by atoms with Gasteiger partial charge in [0.25, 0.3) is 0 Å². The van der Waals surface area contributed by atoms with Gasteiger partial charge in [0.1, 0.15) is 0 Å². The number of methoxy groups -OCH3 is 1. The summed E-state index contributed by atoms with van der Waals surface area (Å²) in [5.41, 5.74) is 2.72. The van der Waals surface area contributed by atoms with Gasteiger partial charge in [0.2, 0.25) is 0 Å². The lowest BCUT2D eigenvalue weighted by Gasteiger charge is -2.06. The average molecular weight is 167 g/mol.